The summed E-state index contributed by atoms with van der Waals surface area (Å²) in [5.74, 6) is 0. The fourth-order valence-electron chi connectivity index (χ4n) is 1.95. The Bertz CT molecular complexity index is 626. The van der Waals surface area contributed by atoms with Gasteiger partial charge < -0.3 is 5.32 Å². The second-order valence-corrected chi connectivity index (χ2v) is 5.92. The average Bonchev–Trinajstić information content (AvgIpc) is 2.41. The smallest absolute Gasteiger partial charge is 0.271 e. The van der Waals surface area contributed by atoms with E-state index in [1.165, 1.54) is 9.64 Å². The van der Waals surface area contributed by atoms with Gasteiger partial charge in [0.05, 0.1) is 4.92 Å². The maximum atomic E-state index is 10.8. The SMILES string of the molecule is Cc1ccc([N+](=O)[O-])cc1NC(C)c1ccc(I)cc1. The summed E-state index contributed by atoms with van der Waals surface area (Å²) in [4.78, 5) is 10.5. The van der Waals surface area contributed by atoms with E-state index in [-0.39, 0.29) is 16.7 Å². The molecule has 0 amide bonds. The van der Waals surface area contributed by atoms with Crippen molar-refractivity contribution in [2.24, 2.45) is 0 Å². The van der Waals surface area contributed by atoms with Crippen molar-refractivity contribution in [2.75, 3.05) is 5.32 Å². The summed E-state index contributed by atoms with van der Waals surface area (Å²) in [5, 5.41) is 14.2. The monoisotopic (exact) mass is 382 g/mol. The van der Waals surface area contributed by atoms with Crippen LogP contribution in [0.2, 0.25) is 0 Å². The number of hydrogen-bond donors (Lipinski definition) is 1. The Morgan fingerprint density at radius 2 is 1.85 bits per heavy atom. The maximum Gasteiger partial charge on any atom is 0.271 e. The largest absolute Gasteiger partial charge is 0.378 e. The normalized spacial score (nSPS) is 11.9. The fraction of sp³-hybridized carbons (Fsp3) is 0.200. The Hall–Kier alpha value is -1.63. The molecule has 0 saturated heterocycles. The molecule has 0 fully saturated rings. The van der Waals surface area contributed by atoms with Gasteiger partial charge in [-0.2, -0.15) is 0 Å². The number of halogens is 1. The average molecular weight is 382 g/mol. The van der Waals surface area contributed by atoms with Gasteiger partial charge >= 0.3 is 0 Å². The first-order valence-electron chi connectivity index (χ1n) is 6.24. The van der Waals surface area contributed by atoms with Crippen LogP contribution in [-0.4, -0.2) is 4.92 Å². The number of nitro benzene ring substituents is 1. The molecule has 0 bridgehead atoms. The number of anilines is 1. The van der Waals surface area contributed by atoms with Crippen molar-refractivity contribution in [3.63, 3.8) is 0 Å². The third-order valence-electron chi connectivity index (χ3n) is 3.17. The predicted octanol–water partition coefficient (Wildman–Crippen LogP) is 4.68. The Morgan fingerprint density at radius 1 is 1.20 bits per heavy atom. The molecule has 2 rings (SSSR count). The Morgan fingerprint density at radius 3 is 2.45 bits per heavy atom. The van der Waals surface area contributed by atoms with E-state index in [9.17, 15) is 10.1 Å². The molecule has 0 saturated carbocycles. The van der Waals surface area contributed by atoms with Crippen LogP contribution in [-0.2, 0) is 0 Å². The van der Waals surface area contributed by atoms with Gasteiger partial charge in [0.15, 0.2) is 0 Å². The van der Waals surface area contributed by atoms with Crippen LogP contribution in [0.15, 0.2) is 42.5 Å². The van der Waals surface area contributed by atoms with Crippen LogP contribution in [0.4, 0.5) is 11.4 Å². The first-order chi connectivity index (χ1) is 9.47. The van der Waals surface area contributed by atoms with Crippen LogP contribution in [0.5, 0.6) is 0 Å². The molecule has 104 valence electrons. The van der Waals surface area contributed by atoms with Crippen LogP contribution in [0.3, 0.4) is 0 Å². The van der Waals surface area contributed by atoms with E-state index in [0.717, 1.165) is 16.8 Å². The summed E-state index contributed by atoms with van der Waals surface area (Å²) in [6.45, 7) is 3.98. The number of nitrogens with one attached hydrogen (secondary N) is 1. The third kappa shape index (κ3) is 3.47. The predicted molar refractivity (Wildman–Crippen MR) is 89.0 cm³/mol. The topological polar surface area (TPSA) is 55.2 Å². The molecule has 1 atom stereocenters. The number of benzene rings is 2. The minimum Gasteiger partial charge on any atom is -0.378 e. The lowest BCUT2D eigenvalue weighted by molar-refractivity contribution is -0.384. The molecule has 0 spiro atoms. The Kier molecular flexibility index (Phi) is 4.59. The van der Waals surface area contributed by atoms with Crippen molar-refractivity contribution in [1.82, 2.24) is 0 Å². The lowest BCUT2D eigenvalue weighted by Gasteiger charge is -2.17. The van der Waals surface area contributed by atoms with Gasteiger partial charge in [0.2, 0.25) is 0 Å². The second kappa shape index (κ2) is 6.21. The Balaban J connectivity index is 2.22. The minimum atomic E-state index is -0.375. The highest BCUT2D eigenvalue weighted by Crippen LogP contribution is 2.26. The van der Waals surface area contributed by atoms with E-state index in [0.29, 0.717) is 0 Å². The molecule has 2 aromatic rings. The quantitative estimate of drug-likeness (QED) is 0.475. The summed E-state index contributed by atoms with van der Waals surface area (Å²) in [6.07, 6.45) is 0. The standard InChI is InChI=1S/C15H15IN2O2/c1-10-3-8-14(18(19)20)9-15(10)17-11(2)12-4-6-13(16)7-5-12/h3-9,11,17H,1-2H3. The van der Waals surface area contributed by atoms with Crippen molar-refractivity contribution in [2.45, 2.75) is 19.9 Å². The lowest BCUT2D eigenvalue weighted by atomic mass is 10.1. The zero-order valence-electron chi connectivity index (χ0n) is 11.3. The van der Waals surface area contributed by atoms with Crippen molar-refractivity contribution in [3.8, 4) is 0 Å². The molecule has 0 aliphatic carbocycles. The molecular formula is C15H15IN2O2. The van der Waals surface area contributed by atoms with Crippen LogP contribution >= 0.6 is 22.6 Å². The fourth-order valence-corrected chi connectivity index (χ4v) is 2.31. The van der Waals surface area contributed by atoms with E-state index in [1.807, 2.05) is 26.0 Å². The van der Waals surface area contributed by atoms with Crippen molar-refractivity contribution >= 4 is 34.0 Å². The molecule has 2 aromatic carbocycles. The van der Waals surface area contributed by atoms with E-state index >= 15 is 0 Å². The van der Waals surface area contributed by atoms with Crippen molar-refractivity contribution < 1.29 is 4.92 Å². The van der Waals surface area contributed by atoms with Crippen LogP contribution in [0, 0.1) is 20.6 Å². The number of nitrogens with zero attached hydrogens (tertiary/aromatic N) is 1. The van der Waals surface area contributed by atoms with Crippen LogP contribution in [0.1, 0.15) is 24.1 Å². The summed E-state index contributed by atoms with van der Waals surface area (Å²) in [7, 11) is 0. The zero-order chi connectivity index (χ0) is 14.7. The molecule has 4 nitrogen and oxygen atoms in total. The molecule has 0 aliphatic rings. The van der Waals surface area contributed by atoms with Gasteiger partial charge in [-0.15, -0.1) is 0 Å². The first-order valence-corrected chi connectivity index (χ1v) is 7.32. The number of nitro groups is 1. The number of hydrogen-bond acceptors (Lipinski definition) is 3. The van der Waals surface area contributed by atoms with Gasteiger partial charge in [-0.25, -0.2) is 0 Å². The summed E-state index contributed by atoms with van der Waals surface area (Å²) < 4.78 is 1.19. The van der Waals surface area contributed by atoms with Crippen molar-refractivity contribution in [1.29, 1.82) is 0 Å². The molecule has 20 heavy (non-hydrogen) atoms. The van der Waals surface area contributed by atoms with Gasteiger partial charge in [-0.3, -0.25) is 10.1 Å². The van der Waals surface area contributed by atoms with Gasteiger partial charge in [-0.05, 0) is 59.7 Å². The lowest BCUT2D eigenvalue weighted by Crippen LogP contribution is -2.08. The minimum absolute atomic E-state index is 0.0905. The van der Waals surface area contributed by atoms with Gasteiger partial charge in [0.25, 0.3) is 5.69 Å². The van der Waals surface area contributed by atoms with Gasteiger partial charge in [0.1, 0.15) is 0 Å². The van der Waals surface area contributed by atoms with E-state index in [1.54, 1.807) is 12.1 Å². The van der Waals surface area contributed by atoms with Gasteiger partial charge in [0, 0.05) is 27.4 Å². The summed E-state index contributed by atoms with van der Waals surface area (Å²) in [6, 6.07) is 13.2. The molecule has 0 aromatic heterocycles. The maximum absolute atomic E-state index is 10.8. The molecular weight excluding hydrogens is 367 g/mol. The number of non-ortho nitro benzene ring substituents is 1. The Labute approximate surface area is 131 Å². The highest BCUT2D eigenvalue weighted by Gasteiger charge is 2.11. The van der Waals surface area contributed by atoms with E-state index in [2.05, 4.69) is 40.0 Å². The number of aryl methyl sites for hydroxylation is 1. The molecule has 1 unspecified atom stereocenters. The second-order valence-electron chi connectivity index (χ2n) is 4.67. The highest BCUT2D eigenvalue weighted by atomic mass is 127. The molecule has 0 heterocycles. The van der Waals surface area contributed by atoms with Crippen LogP contribution in [0.25, 0.3) is 0 Å². The zero-order valence-corrected chi connectivity index (χ0v) is 13.4. The molecule has 0 aliphatic heterocycles. The molecule has 1 N–H and O–H groups in total. The third-order valence-corrected chi connectivity index (χ3v) is 3.89. The highest BCUT2D eigenvalue weighted by molar-refractivity contribution is 14.1. The van der Waals surface area contributed by atoms with E-state index < -0.39 is 0 Å². The first kappa shape index (κ1) is 14.8. The number of rotatable bonds is 4. The molecule has 0 radical (unpaired) electrons. The van der Waals surface area contributed by atoms with Crippen LogP contribution < -0.4 is 5.32 Å². The van der Waals surface area contributed by atoms with E-state index in [4.69, 9.17) is 0 Å². The molecule has 5 heteroatoms. The van der Waals surface area contributed by atoms with Gasteiger partial charge in [-0.1, -0.05) is 18.2 Å². The summed E-state index contributed by atoms with van der Waals surface area (Å²) >= 11 is 2.26. The summed E-state index contributed by atoms with van der Waals surface area (Å²) in [5.41, 5.74) is 3.04. The van der Waals surface area contributed by atoms with Crippen molar-refractivity contribution in [3.05, 3.63) is 67.3 Å².